The second-order valence-electron chi connectivity index (χ2n) is 8.59. The summed E-state index contributed by atoms with van der Waals surface area (Å²) in [5.74, 6) is -0.855. The van der Waals surface area contributed by atoms with E-state index in [1.54, 1.807) is 24.3 Å². The number of para-hydroxylation sites is 1. The molecule has 1 heterocycles. The molecule has 2 N–H and O–H groups in total. The molecule has 7 nitrogen and oxygen atoms in total. The van der Waals surface area contributed by atoms with E-state index in [1.807, 2.05) is 0 Å². The number of alkyl halides is 3. The van der Waals surface area contributed by atoms with Crippen molar-refractivity contribution in [3.63, 3.8) is 0 Å². The van der Waals surface area contributed by atoms with Crippen LogP contribution in [-0.4, -0.2) is 26.8 Å². The van der Waals surface area contributed by atoms with E-state index in [9.17, 15) is 31.2 Å². The fourth-order valence-electron chi connectivity index (χ4n) is 4.16. The minimum Gasteiger partial charge on any atom is -0.348 e. The number of fused-ring (bicyclic) bond motifs is 1. The Morgan fingerprint density at radius 3 is 2.29 bits per heavy atom. The summed E-state index contributed by atoms with van der Waals surface area (Å²) in [5.41, 5.74) is 1.01. The lowest BCUT2D eigenvalue weighted by atomic mass is 9.98. The summed E-state index contributed by atoms with van der Waals surface area (Å²) in [7, 11) is -3.97. The smallest absolute Gasteiger partial charge is 0.348 e. The minimum absolute atomic E-state index is 0.00510. The van der Waals surface area contributed by atoms with Crippen LogP contribution >= 0.6 is 0 Å². The van der Waals surface area contributed by atoms with E-state index in [2.05, 4.69) is 17.2 Å². The summed E-state index contributed by atoms with van der Waals surface area (Å²) < 4.78 is 66.3. The normalized spacial score (nSPS) is 15.3. The zero-order chi connectivity index (χ0) is 27.5. The second kappa shape index (κ2) is 10.7. The Hall–Kier alpha value is -4.12. The van der Waals surface area contributed by atoms with E-state index in [-0.39, 0.29) is 35.5 Å². The van der Waals surface area contributed by atoms with Crippen molar-refractivity contribution in [2.45, 2.75) is 30.1 Å². The largest absolute Gasteiger partial charge is 0.416 e. The van der Waals surface area contributed by atoms with E-state index in [0.29, 0.717) is 23.2 Å². The van der Waals surface area contributed by atoms with E-state index < -0.39 is 27.7 Å². The van der Waals surface area contributed by atoms with Gasteiger partial charge in [-0.25, -0.2) is 8.42 Å². The van der Waals surface area contributed by atoms with Gasteiger partial charge in [0.1, 0.15) is 0 Å². The first-order valence-electron chi connectivity index (χ1n) is 11.6. The highest BCUT2D eigenvalue weighted by Crippen LogP contribution is 2.37. The van der Waals surface area contributed by atoms with E-state index >= 15 is 0 Å². The van der Waals surface area contributed by atoms with Crippen LogP contribution in [0.1, 0.15) is 39.5 Å². The van der Waals surface area contributed by atoms with Crippen LogP contribution in [0.15, 0.2) is 90.3 Å². The molecule has 11 heteroatoms. The maximum Gasteiger partial charge on any atom is 0.416 e. The summed E-state index contributed by atoms with van der Waals surface area (Å²) >= 11 is 0. The van der Waals surface area contributed by atoms with Crippen LogP contribution < -0.4 is 14.9 Å². The van der Waals surface area contributed by atoms with E-state index in [0.717, 1.165) is 18.2 Å². The first kappa shape index (κ1) is 26.9. The number of hydrogen-bond donors (Lipinski definition) is 2. The highest BCUT2D eigenvalue weighted by molar-refractivity contribution is 7.92. The molecule has 1 atom stereocenters. The monoisotopic (exact) mass is 543 g/mol. The lowest BCUT2D eigenvalue weighted by Crippen LogP contribution is -2.40. The number of sulfonamides is 1. The first-order chi connectivity index (χ1) is 18.0. The molecule has 3 aromatic carbocycles. The number of halogens is 3. The Labute approximate surface area is 218 Å². The Kier molecular flexibility index (Phi) is 7.58. The summed E-state index contributed by atoms with van der Waals surface area (Å²) in [6.45, 7) is 3.59. The van der Waals surface area contributed by atoms with Gasteiger partial charge in [0.2, 0.25) is 5.91 Å². The van der Waals surface area contributed by atoms with Crippen LogP contribution in [0.25, 0.3) is 0 Å². The zero-order valence-corrected chi connectivity index (χ0v) is 20.9. The lowest BCUT2D eigenvalue weighted by molar-refractivity contribution is -0.137. The predicted molar refractivity (Wildman–Crippen MR) is 136 cm³/mol. The fraction of sp³-hybridized carbons (Fsp3) is 0.185. The van der Waals surface area contributed by atoms with Gasteiger partial charge in [-0.2, -0.15) is 13.2 Å². The topological polar surface area (TPSA) is 95.6 Å². The quantitative estimate of drug-likeness (QED) is 0.427. The van der Waals surface area contributed by atoms with Crippen LogP contribution in [0.4, 0.5) is 18.9 Å². The van der Waals surface area contributed by atoms with E-state index in [4.69, 9.17) is 0 Å². The molecule has 0 aliphatic carbocycles. The van der Waals surface area contributed by atoms with E-state index in [1.165, 1.54) is 40.7 Å². The standard InChI is InChI=1S/C27H24F3N3O4S/c1-2-25(34)32-23-15-16-33(24-6-4-3-5-22(23)24)38(36,37)21-13-9-19(10-14-21)26(35)31-17-18-7-11-20(12-8-18)27(28,29)30/h2-14,23H,1,15-17H2,(H,31,35)(H,32,34). The van der Waals surface area contributed by atoms with Crippen molar-refractivity contribution in [3.8, 4) is 0 Å². The van der Waals surface area contributed by atoms with Gasteiger partial charge in [-0.1, -0.05) is 36.9 Å². The molecule has 1 aliphatic rings. The van der Waals surface area contributed by atoms with Crippen molar-refractivity contribution in [2.24, 2.45) is 0 Å². The van der Waals surface area contributed by atoms with Gasteiger partial charge >= 0.3 is 6.18 Å². The van der Waals surface area contributed by atoms with Gasteiger partial charge in [-0.3, -0.25) is 13.9 Å². The average Bonchev–Trinajstić information content (AvgIpc) is 2.91. The van der Waals surface area contributed by atoms with Crippen molar-refractivity contribution in [3.05, 3.63) is 108 Å². The molecule has 0 radical (unpaired) electrons. The van der Waals surface area contributed by atoms with Crippen LogP contribution in [-0.2, 0) is 27.5 Å². The highest BCUT2D eigenvalue weighted by atomic mass is 32.2. The van der Waals surface area contributed by atoms with Gasteiger partial charge in [0.25, 0.3) is 15.9 Å². The Bertz CT molecular complexity index is 1450. The molecule has 4 rings (SSSR count). The lowest BCUT2D eigenvalue weighted by Gasteiger charge is -2.35. The van der Waals surface area contributed by atoms with Gasteiger partial charge in [0.05, 0.1) is 22.2 Å². The van der Waals surface area contributed by atoms with Crippen LogP contribution in [0.3, 0.4) is 0 Å². The van der Waals surface area contributed by atoms with Gasteiger partial charge in [-0.15, -0.1) is 0 Å². The average molecular weight is 544 g/mol. The molecule has 0 saturated heterocycles. The maximum absolute atomic E-state index is 13.5. The molecular weight excluding hydrogens is 519 g/mol. The second-order valence-corrected chi connectivity index (χ2v) is 10.5. The highest BCUT2D eigenvalue weighted by Gasteiger charge is 2.33. The van der Waals surface area contributed by atoms with Gasteiger partial charge in [-0.05, 0) is 66.1 Å². The number of benzene rings is 3. The summed E-state index contributed by atoms with van der Waals surface area (Å²) in [5, 5.41) is 5.43. The molecule has 1 aliphatic heterocycles. The number of carbonyl (C=O) groups is 2. The zero-order valence-electron chi connectivity index (χ0n) is 20.0. The first-order valence-corrected chi connectivity index (χ1v) is 13.0. The molecule has 2 amide bonds. The van der Waals surface area contributed by atoms with Crippen molar-refractivity contribution in [1.82, 2.24) is 10.6 Å². The molecule has 0 saturated carbocycles. The number of anilines is 1. The predicted octanol–water partition coefficient (Wildman–Crippen LogP) is 4.58. The van der Waals surface area contributed by atoms with Crippen molar-refractivity contribution in [1.29, 1.82) is 0 Å². The van der Waals surface area contributed by atoms with Crippen molar-refractivity contribution in [2.75, 3.05) is 10.8 Å². The number of nitrogens with zero attached hydrogens (tertiary/aromatic N) is 1. The molecule has 38 heavy (non-hydrogen) atoms. The molecule has 0 bridgehead atoms. The van der Waals surface area contributed by atoms with Gasteiger partial charge in [0, 0.05) is 18.7 Å². The number of amides is 2. The molecule has 3 aromatic rings. The summed E-state index contributed by atoms with van der Waals surface area (Å²) in [6.07, 6.45) is -2.92. The SMILES string of the molecule is C=CC(=O)NC1CCN(S(=O)(=O)c2ccc(C(=O)NCc3ccc(C(F)(F)F)cc3)cc2)c2ccccc21. The third kappa shape index (κ3) is 5.72. The maximum atomic E-state index is 13.5. The minimum atomic E-state index is -4.44. The Morgan fingerprint density at radius 1 is 1.00 bits per heavy atom. The third-order valence-electron chi connectivity index (χ3n) is 6.14. The van der Waals surface area contributed by atoms with Crippen LogP contribution in [0.5, 0.6) is 0 Å². The molecule has 0 aromatic heterocycles. The van der Waals surface area contributed by atoms with Crippen molar-refractivity contribution >= 4 is 27.5 Å². The van der Waals surface area contributed by atoms with Crippen LogP contribution in [0.2, 0.25) is 0 Å². The Balaban J connectivity index is 1.47. The molecule has 198 valence electrons. The van der Waals surface area contributed by atoms with Crippen molar-refractivity contribution < 1.29 is 31.2 Å². The Morgan fingerprint density at radius 2 is 1.66 bits per heavy atom. The fourth-order valence-corrected chi connectivity index (χ4v) is 5.67. The number of carbonyl (C=O) groups excluding carboxylic acids is 2. The molecule has 1 unspecified atom stereocenters. The number of rotatable bonds is 7. The van der Waals surface area contributed by atoms with Gasteiger partial charge in [0.15, 0.2) is 0 Å². The molecular formula is C27H24F3N3O4S. The van der Waals surface area contributed by atoms with Gasteiger partial charge < -0.3 is 10.6 Å². The van der Waals surface area contributed by atoms with Crippen LogP contribution in [0, 0.1) is 0 Å². The number of nitrogens with one attached hydrogen (secondary N) is 2. The third-order valence-corrected chi connectivity index (χ3v) is 7.97. The molecule has 0 spiro atoms. The summed E-state index contributed by atoms with van der Waals surface area (Å²) in [6, 6.07) is 16.4. The number of hydrogen-bond acceptors (Lipinski definition) is 4. The summed E-state index contributed by atoms with van der Waals surface area (Å²) in [4.78, 5) is 24.3. The molecule has 0 fully saturated rings.